The highest BCUT2D eigenvalue weighted by Gasteiger charge is 2.47. The molecule has 0 amide bonds. The standard InChI is InChI=1S/C19H20N4O3/c1-19(2)7-11-14(12(24)8-19)13(10-5-4-6-20-9-10)15-16(21-11)23(3)18(26)22-17(15)25/h4-6,9,13-14H,7-8H2,1-3H3,(H,22,25,26). The van der Waals surface area contributed by atoms with E-state index >= 15 is 0 Å². The Morgan fingerprint density at radius 3 is 2.65 bits per heavy atom. The van der Waals surface area contributed by atoms with Crippen LogP contribution in [0.4, 0.5) is 5.82 Å². The molecule has 1 saturated carbocycles. The second kappa shape index (κ2) is 5.59. The van der Waals surface area contributed by atoms with Crippen LogP contribution in [0.3, 0.4) is 0 Å². The summed E-state index contributed by atoms with van der Waals surface area (Å²) in [5.74, 6) is -0.555. The van der Waals surface area contributed by atoms with Crippen molar-refractivity contribution in [2.24, 2.45) is 23.4 Å². The van der Waals surface area contributed by atoms with E-state index in [-0.39, 0.29) is 11.2 Å². The molecular formula is C19H20N4O3. The van der Waals surface area contributed by atoms with E-state index in [1.165, 1.54) is 4.57 Å². The molecule has 2 unspecified atom stereocenters. The number of H-pyrrole nitrogens is 1. The van der Waals surface area contributed by atoms with E-state index in [2.05, 4.69) is 15.0 Å². The summed E-state index contributed by atoms with van der Waals surface area (Å²) in [5, 5.41) is 0. The molecule has 3 heterocycles. The molecule has 2 atom stereocenters. The Hall–Kier alpha value is -2.83. The number of nitrogens with zero attached hydrogens (tertiary/aromatic N) is 3. The number of hydrogen-bond donors (Lipinski definition) is 1. The first-order chi connectivity index (χ1) is 12.3. The van der Waals surface area contributed by atoms with Gasteiger partial charge in [0.05, 0.1) is 11.5 Å². The van der Waals surface area contributed by atoms with E-state index in [0.29, 0.717) is 24.2 Å². The van der Waals surface area contributed by atoms with Gasteiger partial charge in [-0.25, -0.2) is 9.79 Å². The zero-order chi connectivity index (χ0) is 18.6. The van der Waals surface area contributed by atoms with Gasteiger partial charge in [-0.05, 0) is 23.5 Å². The minimum Gasteiger partial charge on any atom is -0.299 e. The summed E-state index contributed by atoms with van der Waals surface area (Å²) >= 11 is 0. The fraction of sp³-hybridized carbons (Fsp3) is 0.421. The summed E-state index contributed by atoms with van der Waals surface area (Å²) in [7, 11) is 1.58. The van der Waals surface area contributed by atoms with Gasteiger partial charge in [-0.1, -0.05) is 19.9 Å². The van der Waals surface area contributed by atoms with Gasteiger partial charge in [0.15, 0.2) is 0 Å². The molecule has 1 aliphatic carbocycles. The molecule has 1 aliphatic heterocycles. The van der Waals surface area contributed by atoms with Crippen LogP contribution < -0.4 is 11.2 Å². The van der Waals surface area contributed by atoms with Crippen molar-refractivity contribution >= 4 is 17.3 Å². The predicted octanol–water partition coefficient (Wildman–Crippen LogP) is 1.69. The summed E-state index contributed by atoms with van der Waals surface area (Å²) < 4.78 is 1.34. The maximum atomic E-state index is 13.0. The maximum absolute atomic E-state index is 13.0. The maximum Gasteiger partial charge on any atom is 0.329 e. The van der Waals surface area contributed by atoms with E-state index in [0.717, 1.165) is 11.3 Å². The molecule has 2 aromatic heterocycles. The van der Waals surface area contributed by atoms with Gasteiger partial charge in [0, 0.05) is 37.5 Å². The van der Waals surface area contributed by atoms with E-state index in [1.807, 2.05) is 19.9 Å². The number of pyridine rings is 1. The molecule has 1 N–H and O–H groups in total. The number of nitrogens with one attached hydrogen (secondary N) is 1. The molecular weight excluding hydrogens is 332 g/mol. The quantitative estimate of drug-likeness (QED) is 0.844. The van der Waals surface area contributed by atoms with Gasteiger partial charge in [0.1, 0.15) is 11.6 Å². The lowest BCUT2D eigenvalue weighted by Crippen LogP contribution is -2.45. The zero-order valence-corrected chi connectivity index (χ0v) is 14.9. The summed E-state index contributed by atoms with van der Waals surface area (Å²) in [5.41, 5.74) is 0.697. The Bertz CT molecular complexity index is 1050. The number of hydrogen-bond acceptors (Lipinski definition) is 5. The van der Waals surface area contributed by atoms with Gasteiger partial charge in [-0.15, -0.1) is 0 Å². The molecule has 26 heavy (non-hydrogen) atoms. The third kappa shape index (κ3) is 2.46. The van der Waals surface area contributed by atoms with Crippen LogP contribution in [0, 0.1) is 11.3 Å². The van der Waals surface area contributed by atoms with Gasteiger partial charge in [0.2, 0.25) is 0 Å². The van der Waals surface area contributed by atoms with Crippen molar-refractivity contribution in [1.82, 2.24) is 14.5 Å². The van der Waals surface area contributed by atoms with Crippen molar-refractivity contribution < 1.29 is 4.79 Å². The topological polar surface area (TPSA) is 97.2 Å². The molecule has 7 nitrogen and oxygen atoms in total. The van der Waals surface area contributed by atoms with Crippen molar-refractivity contribution in [3.05, 3.63) is 56.5 Å². The molecule has 2 aliphatic rings. The minimum atomic E-state index is -0.511. The lowest BCUT2D eigenvalue weighted by Gasteiger charge is -2.40. The molecule has 0 radical (unpaired) electrons. The van der Waals surface area contributed by atoms with Crippen LogP contribution in [-0.4, -0.2) is 26.0 Å². The molecule has 0 bridgehead atoms. The van der Waals surface area contributed by atoms with Gasteiger partial charge in [0.25, 0.3) is 5.56 Å². The number of rotatable bonds is 1. The number of ketones is 1. The normalized spacial score (nSPS) is 23.8. The van der Waals surface area contributed by atoms with E-state index < -0.39 is 23.1 Å². The average molecular weight is 352 g/mol. The number of aliphatic imine (C=N–C) groups is 1. The second-order valence-electron chi connectivity index (χ2n) is 7.88. The van der Waals surface area contributed by atoms with Crippen LogP contribution in [0.5, 0.6) is 0 Å². The third-order valence-corrected chi connectivity index (χ3v) is 5.28. The lowest BCUT2D eigenvalue weighted by molar-refractivity contribution is -0.124. The number of carbonyl (C=O) groups excluding carboxylic acids is 1. The van der Waals surface area contributed by atoms with Crippen LogP contribution in [0.2, 0.25) is 0 Å². The predicted molar refractivity (Wildman–Crippen MR) is 97.0 cm³/mol. The molecule has 0 spiro atoms. The van der Waals surface area contributed by atoms with Crippen LogP contribution in [-0.2, 0) is 11.8 Å². The molecule has 0 saturated heterocycles. The van der Waals surface area contributed by atoms with Crippen molar-refractivity contribution in [2.75, 3.05) is 0 Å². The van der Waals surface area contributed by atoms with Crippen molar-refractivity contribution in [3.8, 4) is 0 Å². The summed E-state index contributed by atoms with van der Waals surface area (Å²) in [4.78, 5) is 48.9. The Morgan fingerprint density at radius 1 is 1.19 bits per heavy atom. The monoisotopic (exact) mass is 352 g/mol. The van der Waals surface area contributed by atoms with E-state index in [4.69, 9.17) is 0 Å². The molecule has 4 rings (SSSR count). The van der Waals surface area contributed by atoms with Gasteiger partial charge >= 0.3 is 5.69 Å². The average Bonchev–Trinajstić information content (AvgIpc) is 2.57. The van der Waals surface area contributed by atoms with Gasteiger partial charge in [-0.2, -0.15) is 0 Å². The van der Waals surface area contributed by atoms with Crippen molar-refractivity contribution in [3.63, 3.8) is 0 Å². The highest BCUT2D eigenvalue weighted by Crippen LogP contribution is 2.47. The molecule has 1 fully saturated rings. The Morgan fingerprint density at radius 2 is 1.96 bits per heavy atom. The number of fused-ring (bicyclic) bond motifs is 2. The molecule has 2 aromatic rings. The molecule has 7 heteroatoms. The van der Waals surface area contributed by atoms with Crippen molar-refractivity contribution in [1.29, 1.82) is 0 Å². The Labute approximate surface area is 149 Å². The number of Topliss-reactive ketones (excluding diaryl/α,β-unsaturated/α-hetero) is 1. The minimum absolute atomic E-state index is 0.0766. The zero-order valence-electron chi connectivity index (χ0n) is 14.9. The lowest BCUT2D eigenvalue weighted by atomic mass is 9.64. The van der Waals surface area contributed by atoms with Crippen LogP contribution in [0.25, 0.3) is 0 Å². The van der Waals surface area contributed by atoms with Gasteiger partial charge in [-0.3, -0.25) is 24.1 Å². The number of aromatic nitrogens is 3. The first kappa shape index (κ1) is 16.6. The molecule has 0 aromatic carbocycles. The largest absolute Gasteiger partial charge is 0.329 e. The fourth-order valence-corrected chi connectivity index (χ4v) is 4.18. The highest BCUT2D eigenvalue weighted by molar-refractivity contribution is 6.10. The smallest absolute Gasteiger partial charge is 0.299 e. The van der Waals surface area contributed by atoms with Gasteiger partial charge < -0.3 is 0 Å². The highest BCUT2D eigenvalue weighted by atomic mass is 16.2. The van der Waals surface area contributed by atoms with E-state index in [9.17, 15) is 14.4 Å². The second-order valence-corrected chi connectivity index (χ2v) is 7.88. The number of carbonyl (C=O) groups is 1. The molecule has 134 valence electrons. The van der Waals surface area contributed by atoms with Crippen LogP contribution in [0.15, 0.2) is 39.1 Å². The summed E-state index contributed by atoms with van der Waals surface area (Å²) in [6, 6.07) is 3.65. The summed E-state index contributed by atoms with van der Waals surface area (Å²) in [6.45, 7) is 4.07. The van der Waals surface area contributed by atoms with Crippen molar-refractivity contribution in [2.45, 2.75) is 32.6 Å². The SMILES string of the molecule is Cn1c2c(c(=O)[nH]c1=O)C(c1cccnc1)C1C(=O)CC(C)(C)CC1=N2. The summed E-state index contributed by atoms with van der Waals surface area (Å²) in [6.07, 6.45) is 4.42. The van der Waals surface area contributed by atoms with Crippen LogP contribution >= 0.6 is 0 Å². The van der Waals surface area contributed by atoms with E-state index in [1.54, 1.807) is 25.5 Å². The Balaban J connectivity index is 2.05. The third-order valence-electron chi connectivity index (χ3n) is 5.28. The first-order valence-electron chi connectivity index (χ1n) is 8.62. The fourth-order valence-electron chi connectivity index (χ4n) is 4.18. The Kier molecular flexibility index (Phi) is 3.57. The first-order valence-corrected chi connectivity index (χ1v) is 8.62. The van der Waals surface area contributed by atoms with Crippen LogP contribution in [0.1, 0.15) is 43.7 Å². The number of aromatic amines is 1.